The van der Waals surface area contributed by atoms with Gasteiger partial charge in [-0.1, -0.05) is 24.3 Å². The molecule has 0 bridgehead atoms. The van der Waals surface area contributed by atoms with Gasteiger partial charge in [0, 0.05) is 4.88 Å². The first-order valence-corrected chi connectivity index (χ1v) is 9.90. The Kier molecular flexibility index (Phi) is 5.75. The summed E-state index contributed by atoms with van der Waals surface area (Å²) in [6, 6.07) is 13.4. The smallest absolute Gasteiger partial charge is 0.331 e. The zero-order valence-corrected chi connectivity index (χ0v) is 14.8. The summed E-state index contributed by atoms with van der Waals surface area (Å²) in [5.41, 5.74) is -1.61. The number of carbonyl (C=O) groups excluding carboxylic acids is 1. The van der Waals surface area contributed by atoms with Gasteiger partial charge >= 0.3 is 5.97 Å². The van der Waals surface area contributed by atoms with Crippen LogP contribution in [0.3, 0.4) is 0 Å². The lowest BCUT2D eigenvalue weighted by molar-refractivity contribution is -0.147. The summed E-state index contributed by atoms with van der Waals surface area (Å²) in [6.45, 7) is 1.77. The van der Waals surface area contributed by atoms with E-state index in [0.29, 0.717) is 4.88 Å². The predicted octanol–water partition coefficient (Wildman–Crippen LogP) is 2.94. The Morgan fingerprint density at radius 1 is 1.25 bits per heavy atom. The molecule has 2 aromatic rings. The van der Waals surface area contributed by atoms with Crippen LogP contribution in [0.25, 0.3) is 0 Å². The third kappa shape index (κ3) is 3.66. The average molecular weight is 363 g/mol. The molecule has 24 heavy (non-hydrogen) atoms. The highest BCUT2D eigenvalue weighted by Crippen LogP contribution is 2.34. The second-order valence-corrected chi connectivity index (χ2v) is 8.15. The molecule has 0 aliphatic rings. The molecule has 1 aromatic carbocycles. The number of nitrogens with zero attached hydrogens (tertiary/aromatic N) is 1. The second-order valence-electron chi connectivity index (χ2n) is 5.10. The van der Waals surface area contributed by atoms with E-state index in [0.717, 1.165) is 0 Å². The van der Waals surface area contributed by atoms with E-state index in [1.54, 1.807) is 42.6 Å². The number of hydrogen-bond donors (Lipinski definition) is 0. The van der Waals surface area contributed by atoms with Crippen molar-refractivity contribution >= 4 is 27.1 Å². The number of sulfone groups is 1. The first-order valence-electron chi connectivity index (χ1n) is 7.36. The van der Waals surface area contributed by atoms with Gasteiger partial charge in [-0.15, -0.1) is 11.3 Å². The number of rotatable bonds is 7. The van der Waals surface area contributed by atoms with Crippen molar-refractivity contribution in [3.63, 3.8) is 0 Å². The molecule has 5 nitrogen and oxygen atoms in total. The SMILES string of the molecule is CCOC(=O)[C@@](C#N)(CCS(=O)(=O)c1ccccc1)c1cccs1. The zero-order chi connectivity index (χ0) is 17.6. The van der Waals surface area contributed by atoms with E-state index in [1.807, 2.05) is 6.07 Å². The Balaban J connectivity index is 2.33. The quantitative estimate of drug-likeness (QED) is 0.706. The minimum atomic E-state index is -3.60. The van der Waals surface area contributed by atoms with Crippen LogP contribution in [0.15, 0.2) is 52.7 Å². The number of thiophene rings is 1. The molecular formula is C17H17NO4S2. The number of hydrogen-bond acceptors (Lipinski definition) is 6. The van der Waals surface area contributed by atoms with Crippen LogP contribution in [0, 0.1) is 11.3 Å². The van der Waals surface area contributed by atoms with E-state index >= 15 is 0 Å². The molecule has 0 fully saturated rings. The number of carbonyl (C=O) groups is 1. The maximum atomic E-state index is 12.5. The van der Waals surface area contributed by atoms with Crippen molar-refractivity contribution in [2.24, 2.45) is 0 Å². The molecule has 1 atom stereocenters. The van der Waals surface area contributed by atoms with Gasteiger partial charge in [-0.05, 0) is 36.9 Å². The Bertz CT molecular complexity index is 823. The largest absolute Gasteiger partial charge is 0.465 e. The van der Waals surface area contributed by atoms with Crippen LogP contribution in [0.1, 0.15) is 18.2 Å². The molecule has 0 aliphatic carbocycles. The summed E-state index contributed by atoms with van der Waals surface area (Å²) in [7, 11) is -3.60. The van der Waals surface area contributed by atoms with Gasteiger partial charge in [0.05, 0.1) is 23.3 Å². The van der Waals surface area contributed by atoms with Gasteiger partial charge in [0.15, 0.2) is 15.3 Å². The van der Waals surface area contributed by atoms with Gasteiger partial charge in [0.1, 0.15) is 0 Å². The molecule has 0 saturated heterocycles. The van der Waals surface area contributed by atoms with Crippen molar-refractivity contribution in [2.75, 3.05) is 12.4 Å². The summed E-state index contributed by atoms with van der Waals surface area (Å²) in [5.74, 6) is -1.03. The highest BCUT2D eigenvalue weighted by atomic mass is 32.2. The molecule has 0 unspecified atom stereocenters. The van der Waals surface area contributed by atoms with Gasteiger partial charge in [0.25, 0.3) is 0 Å². The molecule has 0 saturated carbocycles. The molecule has 0 radical (unpaired) electrons. The van der Waals surface area contributed by atoms with Gasteiger partial charge in [-0.25, -0.2) is 13.2 Å². The van der Waals surface area contributed by atoms with Gasteiger partial charge in [0.2, 0.25) is 0 Å². The first-order chi connectivity index (χ1) is 11.5. The van der Waals surface area contributed by atoms with Crippen LogP contribution in [0.5, 0.6) is 0 Å². The summed E-state index contributed by atoms with van der Waals surface area (Å²) in [6.07, 6.45) is -0.153. The lowest BCUT2D eigenvalue weighted by Crippen LogP contribution is -2.37. The standard InChI is InChI=1S/C17H17NO4S2/c1-2-22-16(19)17(13-18,15-9-6-11-23-15)10-12-24(20,21)14-7-4-3-5-8-14/h3-9,11H,2,10,12H2,1H3/t17-/m1/s1. The van der Waals surface area contributed by atoms with Gasteiger partial charge in [-0.3, -0.25) is 0 Å². The molecule has 0 N–H and O–H groups in total. The van der Waals surface area contributed by atoms with Crippen LogP contribution in [-0.4, -0.2) is 26.7 Å². The molecule has 1 aromatic heterocycles. The van der Waals surface area contributed by atoms with Crippen molar-refractivity contribution in [1.29, 1.82) is 5.26 Å². The highest BCUT2D eigenvalue weighted by molar-refractivity contribution is 7.91. The third-order valence-corrected chi connectivity index (χ3v) is 6.37. The minimum absolute atomic E-state index is 0.124. The monoisotopic (exact) mass is 363 g/mol. The highest BCUT2D eigenvalue weighted by Gasteiger charge is 2.44. The predicted molar refractivity (Wildman–Crippen MR) is 91.4 cm³/mol. The molecule has 0 aliphatic heterocycles. The van der Waals surface area contributed by atoms with Crippen molar-refractivity contribution in [3.05, 3.63) is 52.7 Å². The van der Waals surface area contributed by atoms with Crippen molar-refractivity contribution in [3.8, 4) is 6.07 Å². The van der Waals surface area contributed by atoms with E-state index in [9.17, 15) is 18.5 Å². The molecule has 0 spiro atoms. The zero-order valence-electron chi connectivity index (χ0n) is 13.1. The summed E-state index contributed by atoms with van der Waals surface area (Å²) in [5, 5.41) is 11.4. The fraction of sp³-hybridized carbons (Fsp3) is 0.294. The maximum Gasteiger partial charge on any atom is 0.331 e. The summed E-state index contributed by atoms with van der Waals surface area (Å²) >= 11 is 1.24. The Morgan fingerprint density at radius 3 is 2.50 bits per heavy atom. The summed E-state index contributed by atoms with van der Waals surface area (Å²) < 4.78 is 30.0. The minimum Gasteiger partial charge on any atom is -0.465 e. The third-order valence-electron chi connectivity index (χ3n) is 3.60. The fourth-order valence-electron chi connectivity index (χ4n) is 2.29. The van der Waals surface area contributed by atoms with Crippen LogP contribution < -0.4 is 0 Å². The van der Waals surface area contributed by atoms with Gasteiger partial charge < -0.3 is 4.74 Å². The molecular weight excluding hydrogens is 346 g/mol. The van der Waals surface area contributed by atoms with E-state index in [-0.39, 0.29) is 23.7 Å². The van der Waals surface area contributed by atoms with Crippen molar-refractivity contribution < 1.29 is 17.9 Å². The normalized spacial score (nSPS) is 13.7. The lowest BCUT2D eigenvalue weighted by atomic mass is 9.85. The lowest BCUT2D eigenvalue weighted by Gasteiger charge is -2.23. The number of nitriles is 1. The summed E-state index contributed by atoms with van der Waals surface area (Å²) in [4.78, 5) is 13.1. The molecule has 2 rings (SSSR count). The van der Waals surface area contributed by atoms with Crippen LogP contribution >= 0.6 is 11.3 Å². The van der Waals surface area contributed by atoms with Crippen molar-refractivity contribution in [1.82, 2.24) is 0 Å². The molecule has 1 heterocycles. The van der Waals surface area contributed by atoms with Crippen molar-refractivity contribution in [2.45, 2.75) is 23.7 Å². The first kappa shape index (κ1) is 18.2. The topological polar surface area (TPSA) is 84.2 Å². The van der Waals surface area contributed by atoms with Gasteiger partial charge in [-0.2, -0.15) is 5.26 Å². The number of ether oxygens (including phenoxy) is 1. The Morgan fingerprint density at radius 2 is 1.96 bits per heavy atom. The molecule has 7 heteroatoms. The Labute approximate surface area is 145 Å². The molecule has 126 valence electrons. The van der Waals surface area contributed by atoms with Crippen LogP contribution in [0.2, 0.25) is 0 Å². The molecule has 0 amide bonds. The van der Waals surface area contributed by atoms with E-state index in [1.165, 1.54) is 23.5 Å². The average Bonchev–Trinajstić information content (AvgIpc) is 3.12. The van der Waals surface area contributed by atoms with Crippen LogP contribution in [0.4, 0.5) is 0 Å². The number of benzene rings is 1. The second kappa shape index (κ2) is 7.60. The number of esters is 1. The van der Waals surface area contributed by atoms with E-state index in [2.05, 4.69) is 0 Å². The maximum absolute atomic E-state index is 12.5. The Hall–Kier alpha value is -2.17. The van der Waals surface area contributed by atoms with E-state index in [4.69, 9.17) is 4.74 Å². The fourth-order valence-corrected chi connectivity index (χ4v) is 4.57. The van der Waals surface area contributed by atoms with E-state index < -0.39 is 21.2 Å². The van der Waals surface area contributed by atoms with Crippen LogP contribution in [-0.2, 0) is 24.8 Å².